The third-order valence-electron chi connectivity index (χ3n) is 5.43. The molecule has 0 radical (unpaired) electrons. The van der Waals surface area contributed by atoms with E-state index in [0.717, 1.165) is 17.0 Å². The van der Waals surface area contributed by atoms with Crippen molar-refractivity contribution in [1.82, 2.24) is 9.97 Å². The number of anilines is 2. The van der Waals surface area contributed by atoms with Crippen LogP contribution in [0.4, 0.5) is 24.5 Å². The Morgan fingerprint density at radius 3 is 2.42 bits per heavy atom. The summed E-state index contributed by atoms with van der Waals surface area (Å²) in [4.78, 5) is 35.0. The number of nitriles is 1. The number of carbonyl (C=O) groups excluding carboxylic acids is 1. The molecule has 0 atom stereocenters. The van der Waals surface area contributed by atoms with Crippen molar-refractivity contribution in [1.29, 1.82) is 5.26 Å². The largest absolute Gasteiger partial charge is 0.417 e. The Morgan fingerprint density at radius 2 is 1.79 bits per heavy atom. The first-order valence-corrected chi connectivity index (χ1v) is 10.1. The Hall–Kier alpha value is -3.78. The highest BCUT2D eigenvalue weighted by molar-refractivity contribution is 7.81. The van der Waals surface area contributed by atoms with Gasteiger partial charge in [0.25, 0.3) is 11.5 Å². The lowest BCUT2D eigenvalue weighted by Crippen LogP contribution is -2.44. The molecule has 1 aliphatic rings. The lowest BCUT2D eigenvalue weighted by molar-refractivity contribution is -0.137. The summed E-state index contributed by atoms with van der Waals surface area (Å²) in [6.45, 7) is 4.81. The van der Waals surface area contributed by atoms with Gasteiger partial charge in [0, 0.05) is 5.69 Å². The number of H-pyrrole nitrogens is 1. The molecule has 1 saturated heterocycles. The molecule has 1 N–H and O–H groups in total. The highest BCUT2D eigenvalue weighted by atomic mass is 32.1. The highest BCUT2D eigenvalue weighted by Gasteiger charge is 2.50. The normalized spacial score (nSPS) is 15.9. The number of nitrogens with one attached hydrogen (secondary N) is 1. The molecule has 7 nitrogen and oxygen atoms in total. The molecule has 1 amide bonds. The van der Waals surface area contributed by atoms with E-state index in [9.17, 15) is 22.8 Å². The number of carbonyl (C=O) groups is 1. The Morgan fingerprint density at radius 1 is 1.12 bits per heavy atom. The summed E-state index contributed by atoms with van der Waals surface area (Å²) >= 11 is 5.51. The van der Waals surface area contributed by atoms with Crippen molar-refractivity contribution >= 4 is 45.5 Å². The molecule has 2 heterocycles. The lowest BCUT2D eigenvalue weighted by Gasteiger charge is -2.29. The fourth-order valence-electron chi connectivity index (χ4n) is 3.85. The van der Waals surface area contributed by atoms with Crippen molar-refractivity contribution in [3.05, 3.63) is 63.7 Å². The van der Waals surface area contributed by atoms with Crippen molar-refractivity contribution in [2.75, 3.05) is 9.80 Å². The maximum atomic E-state index is 13.5. The molecular formula is C22H16F3N5O2S. The van der Waals surface area contributed by atoms with Crippen molar-refractivity contribution in [3.8, 4) is 6.07 Å². The van der Waals surface area contributed by atoms with Gasteiger partial charge in [0.15, 0.2) is 5.11 Å². The van der Waals surface area contributed by atoms with Crippen LogP contribution in [0.3, 0.4) is 0 Å². The average Bonchev–Trinajstić information content (AvgIpc) is 2.90. The SMILES string of the molecule is Cc1nc(=O)c2cc(N3C(=S)N(c4ccc(C#N)c(C(F)(F)F)c4)C(=O)C3(C)C)ccc2[nH]1. The maximum Gasteiger partial charge on any atom is 0.417 e. The van der Waals surface area contributed by atoms with Gasteiger partial charge in [-0.05, 0) is 69.4 Å². The van der Waals surface area contributed by atoms with Crippen LogP contribution in [-0.4, -0.2) is 26.5 Å². The summed E-state index contributed by atoms with van der Waals surface area (Å²) in [6.07, 6.45) is -4.79. The fraction of sp³-hybridized carbons (Fsp3) is 0.227. The van der Waals surface area contributed by atoms with Crippen LogP contribution >= 0.6 is 12.2 Å². The predicted molar refractivity (Wildman–Crippen MR) is 120 cm³/mol. The number of hydrogen-bond donors (Lipinski definition) is 1. The molecule has 0 saturated carbocycles. The van der Waals surface area contributed by atoms with E-state index in [0.29, 0.717) is 17.0 Å². The van der Waals surface area contributed by atoms with Gasteiger partial charge in [-0.3, -0.25) is 14.5 Å². The molecule has 0 bridgehead atoms. The molecule has 0 aliphatic carbocycles. The minimum atomic E-state index is -4.79. The number of fused-ring (bicyclic) bond motifs is 1. The highest BCUT2D eigenvalue weighted by Crippen LogP contribution is 2.39. The van der Waals surface area contributed by atoms with E-state index < -0.39 is 34.3 Å². The number of hydrogen-bond acceptors (Lipinski definition) is 5. The first-order chi connectivity index (χ1) is 15.4. The van der Waals surface area contributed by atoms with E-state index in [2.05, 4.69) is 9.97 Å². The van der Waals surface area contributed by atoms with Gasteiger partial charge in [-0.25, -0.2) is 0 Å². The van der Waals surface area contributed by atoms with Gasteiger partial charge in [-0.1, -0.05) is 0 Å². The summed E-state index contributed by atoms with van der Waals surface area (Å²) in [6, 6.07) is 9.34. The van der Waals surface area contributed by atoms with E-state index >= 15 is 0 Å². The van der Waals surface area contributed by atoms with Crippen LogP contribution in [0.1, 0.15) is 30.8 Å². The number of aryl methyl sites for hydroxylation is 1. The Kier molecular flexibility index (Phi) is 5.01. The van der Waals surface area contributed by atoms with Crippen molar-refractivity contribution in [2.45, 2.75) is 32.5 Å². The summed E-state index contributed by atoms with van der Waals surface area (Å²) in [7, 11) is 0. The predicted octanol–water partition coefficient (Wildman–Crippen LogP) is 4.04. The molecule has 11 heteroatoms. The second-order valence-corrected chi connectivity index (χ2v) is 8.38. The lowest BCUT2D eigenvalue weighted by atomic mass is 10.0. The third-order valence-corrected chi connectivity index (χ3v) is 5.80. The standard InChI is InChI=1S/C22H16F3N5O2S/c1-11-27-17-7-6-14(8-15(17)18(31)28-11)30-20(33)29(19(32)21(30,2)3)13-5-4-12(10-26)16(9-13)22(23,24)25/h4-9H,1-3H3,(H,27,28,31). The number of halogens is 3. The smallest absolute Gasteiger partial charge is 0.343 e. The quantitative estimate of drug-likeness (QED) is 0.567. The minimum absolute atomic E-state index is 0.0568. The topological polar surface area (TPSA) is 93.1 Å². The number of nitrogens with zero attached hydrogens (tertiary/aromatic N) is 4. The number of rotatable bonds is 2. The zero-order valence-electron chi connectivity index (χ0n) is 17.6. The molecule has 4 rings (SSSR count). The van der Waals surface area contributed by atoms with Crippen LogP contribution in [-0.2, 0) is 11.0 Å². The molecule has 0 unspecified atom stereocenters. The number of thiocarbonyl (C=S) groups is 1. The summed E-state index contributed by atoms with van der Waals surface area (Å²) in [5.74, 6) is -0.110. The second kappa shape index (κ2) is 7.38. The fourth-order valence-corrected chi connectivity index (χ4v) is 4.37. The van der Waals surface area contributed by atoms with Crippen LogP contribution in [0.2, 0.25) is 0 Å². The zero-order valence-corrected chi connectivity index (χ0v) is 18.4. The number of aromatic amines is 1. The molecule has 3 aromatic rings. The zero-order chi connectivity index (χ0) is 24.3. The van der Waals surface area contributed by atoms with Gasteiger partial charge >= 0.3 is 6.18 Å². The molecular weight excluding hydrogens is 455 g/mol. The van der Waals surface area contributed by atoms with Gasteiger partial charge in [0.05, 0.1) is 33.8 Å². The summed E-state index contributed by atoms with van der Waals surface area (Å²) < 4.78 is 40.4. The van der Waals surface area contributed by atoms with Crippen LogP contribution in [0.25, 0.3) is 10.9 Å². The van der Waals surface area contributed by atoms with Crippen LogP contribution in [0, 0.1) is 18.3 Å². The maximum absolute atomic E-state index is 13.5. The van der Waals surface area contributed by atoms with Crippen LogP contribution in [0.15, 0.2) is 41.2 Å². The van der Waals surface area contributed by atoms with Gasteiger partial charge in [-0.15, -0.1) is 0 Å². The van der Waals surface area contributed by atoms with E-state index in [1.807, 2.05) is 0 Å². The van der Waals surface area contributed by atoms with Gasteiger partial charge in [-0.2, -0.15) is 23.4 Å². The number of amides is 1. The van der Waals surface area contributed by atoms with E-state index in [1.165, 1.54) is 23.1 Å². The number of aromatic nitrogens is 2. The van der Waals surface area contributed by atoms with E-state index in [1.54, 1.807) is 32.9 Å². The third kappa shape index (κ3) is 3.52. The second-order valence-electron chi connectivity index (χ2n) is 8.01. The Balaban J connectivity index is 1.84. The van der Waals surface area contributed by atoms with Crippen LogP contribution in [0.5, 0.6) is 0 Å². The van der Waals surface area contributed by atoms with E-state index in [-0.39, 0.29) is 16.2 Å². The Labute approximate surface area is 191 Å². The average molecular weight is 471 g/mol. The first kappa shape index (κ1) is 22.4. The molecule has 1 aromatic heterocycles. The Bertz CT molecular complexity index is 1440. The molecule has 168 valence electrons. The van der Waals surface area contributed by atoms with Gasteiger partial charge < -0.3 is 9.88 Å². The summed E-state index contributed by atoms with van der Waals surface area (Å²) in [5, 5.41) is 9.27. The van der Waals surface area contributed by atoms with Gasteiger partial charge in [0.2, 0.25) is 0 Å². The number of alkyl halides is 3. The molecule has 33 heavy (non-hydrogen) atoms. The monoisotopic (exact) mass is 471 g/mol. The first-order valence-electron chi connectivity index (χ1n) is 9.67. The number of benzene rings is 2. The van der Waals surface area contributed by atoms with Crippen LogP contribution < -0.4 is 15.4 Å². The van der Waals surface area contributed by atoms with Crippen molar-refractivity contribution < 1.29 is 18.0 Å². The van der Waals surface area contributed by atoms with E-state index in [4.69, 9.17) is 17.5 Å². The van der Waals surface area contributed by atoms with Crippen molar-refractivity contribution in [2.24, 2.45) is 0 Å². The molecule has 1 aliphatic heterocycles. The van der Waals surface area contributed by atoms with Crippen molar-refractivity contribution in [3.63, 3.8) is 0 Å². The molecule has 1 fully saturated rings. The minimum Gasteiger partial charge on any atom is -0.343 e. The van der Waals surface area contributed by atoms with Gasteiger partial charge in [0.1, 0.15) is 11.4 Å². The summed E-state index contributed by atoms with van der Waals surface area (Å²) in [5.41, 5.74) is -2.59. The molecule has 0 spiro atoms. The molecule has 2 aromatic carbocycles.